The molecule has 2 aromatic rings. The van der Waals surface area contributed by atoms with Gasteiger partial charge in [-0.1, -0.05) is 18.5 Å². The Morgan fingerprint density at radius 2 is 2.10 bits per heavy atom. The highest BCUT2D eigenvalue weighted by atomic mass is 35.5. The van der Waals surface area contributed by atoms with Crippen molar-refractivity contribution in [2.45, 2.75) is 33.2 Å². The minimum Gasteiger partial charge on any atom is -0.444 e. The average molecular weight is 310 g/mol. The molecule has 0 aliphatic heterocycles. The van der Waals surface area contributed by atoms with Gasteiger partial charge in [0.25, 0.3) is 0 Å². The molecule has 2 aromatic heterocycles. The summed E-state index contributed by atoms with van der Waals surface area (Å²) in [5, 5.41) is 3.76. The summed E-state index contributed by atoms with van der Waals surface area (Å²) in [4.78, 5) is 24.7. The number of halogens is 1. The van der Waals surface area contributed by atoms with Crippen LogP contribution in [0.15, 0.2) is 22.9 Å². The lowest BCUT2D eigenvalue weighted by Crippen LogP contribution is -2.10. The van der Waals surface area contributed by atoms with Crippen LogP contribution in [-0.4, -0.2) is 22.2 Å². The molecule has 2 rings (SSSR count). The Hall–Kier alpha value is -2.17. The lowest BCUT2D eigenvalue weighted by atomic mass is 10.2. The molecule has 0 saturated heterocycles. The van der Waals surface area contributed by atoms with E-state index < -0.39 is 0 Å². The van der Waals surface area contributed by atoms with Gasteiger partial charge in [0, 0.05) is 12.2 Å². The third-order valence-corrected chi connectivity index (χ3v) is 2.67. The van der Waals surface area contributed by atoms with E-state index in [2.05, 4.69) is 29.1 Å². The van der Waals surface area contributed by atoms with Crippen molar-refractivity contribution in [3.8, 4) is 11.5 Å². The summed E-state index contributed by atoms with van der Waals surface area (Å²) in [7, 11) is 0. The van der Waals surface area contributed by atoms with E-state index in [1.807, 2.05) is 6.92 Å². The molecule has 0 aromatic carbocycles. The predicted octanol–water partition coefficient (Wildman–Crippen LogP) is 3.19. The summed E-state index contributed by atoms with van der Waals surface area (Å²) in [6, 6.07) is 2.08. The van der Waals surface area contributed by atoms with Crippen molar-refractivity contribution in [3.63, 3.8) is 0 Å². The van der Waals surface area contributed by atoms with Gasteiger partial charge in [-0.3, -0.25) is 0 Å². The number of oxazole rings is 1. The number of hydrogen-bond acceptors (Lipinski definition) is 6. The smallest absolute Gasteiger partial charge is 0.373 e. The molecule has 0 spiro atoms. The summed E-state index contributed by atoms with van der Waals surface area (Å²) in [5.74, 6) is 0.569. The van der Waals surface area contributed by atoms with Crippen LogP contribution in [0, 0.1) is 0 Å². The van der Waals surface area contributed by atoms with Gasteiger partial charge in [-0.2, -0.15) is 9.59 Å². The second kappa shape index (κ2) is 8.19. The molecule has 1 N–H and O–H groups in total. The fourth-order valence-corrected chi connectivity index (χ4v) is 1.78. The molecule has 0 radical (unpaired) electrons. The van der Waals surface area contributed by atoms with Crippen LogP contribution in [0.1, 0.15) is 26.5 Å². The lowest BCUT2D eigenvalue weighted by Gasteiger charge is -2.12. The fraction of sp³-hybridized carbons (Fsp3) is 0.357. The molecule has 0 aliphatic rings. The van der Waals surface area contributed by atoms with Crippen LogP contribution in [-0.2, 0) is 16.0 Å². The monoisotopic (exact) mass is 309 g/mol. The Kier molecular flexibility index (Phi) is 6.59. The van der Waals surface area contributed by atoms with E-state index in [1.165, 1.54) is 0 Å². The van der Waals surface area contributed by atoms with Gasteiger partial charge in [0.05, 0.1) is 16.9 Å². The van der Waals surface area contributed by atoms with Crippen LogP contribution in [0.5, 0.6) is 0 Å². The third kappa shape index (κ3) is 5.02. The van der Waals surface area contributed by atoms with Crippen molar-refractivity contribution in [1.29, 1.82) is 0 Å². The number of nitrogens with one attached hydrogen (secondary N) is 1. The maximum Gasteiger partial charge on any atom is 0.373 e. The van der Waals surface area contributed by atoms with E-state index in [0.717, 1.165) is 23.4 Å². The van der Waals surface area contributed by atoms with E-state index in [9.17, 15) is 0 Å². The standard InChI is InChI=1S/C13H16ClN3O.CO2/c1-4-9-7-18-13(17-9)10-6-15-12(14)5-11(10)16-8(2)3;2-1-3/h5-8H,4H2,1-3H3,(H,15,16);. The normalized spacial score (nSPS) is 9.76. The number of nitrogens with zero attached hydrogens (tertiary/aromatic N) is 2. The maximum atomic E-state index is 8.12. The van der Waals surface area contributed by atoms with Gasteiger partial charge >= 0.3 is 6.15 Å². The van der Waals surface area contributed by atoms with Crippen LogP contribution in [0.3, 0.4) is 0 Å². The van der Waals surface area contributed by atoms with Crippen molar-refractivity contribution < 1.29 is 14.0 Å². The molecular weight excluding hydrogens is 294 g/mol. The van der Waals surface area contributed by atoms with Crippen LogP contribution < -0.4 is 5.32 Å². The zero-order valence-electron chi connectivity index (χ0n) is 12.0. The second-order valence-electron chi connectivity index (χ2n) is 4.43. The Bertz CT molecular complexity index is 620. The molecule has 0 saturated carbocycles. The maximum absolute atomic E-state index is 8.12. The van der Waals surface area contributed by atoms with Crippen molar-refractivity contribution in [3.05, 3.63) is 29.4 Å². The highest BCUT2D eigenvalue weighted by molar-refractivity contribution is 6.29. The molecule has 2 heterocycles. The molecule has 0 fully saturated rings. The zero-order valence-corrected chi connectivity index (χ0v) is 12.8. The van der Waals surface area contributed by atoms with Gasteiger partial charge in [0.15, 0.2) is 0 Å². The topological polar surface area (TPSA) is 85.1 Å². The first-order valence-electron chi connectivity index (χ1n) is 6.37. The highest BCUT2D eigenvalue weighted by Gasteiger charge is 2.13. The van der Waals surface area contributed by atoms with Gasteiger partial charge in [-0.15, -0.1) is 0 Å². The largest absolute Gasteiger partial charge is 0.444 e. The van der Waals surface area contributed by atoms with Gasteiger partial charge in [-0.25, -0.2) is 9.97 Å². The average Bonchev–Trinajstić information content (AvgIpc) is 2.87. The van der Waals surface area contributed by atoms with Crippen molar-refractivity contribution in [1.82, 2.24) is 9.97 Å². The molecular formula is C14H16ClN3O3. The molecule has 0 aliphatic carbocycles. The van der Waals surface area contributed by atoms with Gasteiger partial charge in [0.2, 0.25) is 5.89 Å². The molecule has 0 amide bonds. The van der Waals surface area contributed by atoms with E-state index in [-0.39, 0.29) is 6.15 Å². The van der Waals surface area contributed by atoms with Crippen LogP contribution in [0.25, 0.3) is 11.5 Å². The molecule has 21 heavy (non-hydrogen) atoms. The SMILES string of the molecule is CCc1coc(-c2cnc(Cl)cc2NC(C)C)n1.O=C=O. The van der Waals surface area contributed by atoms with Gasteiger partial charge in [0.1, 0.15) is 11.4 Å². The quantitative estimate of drug-likeness (QED) is 0.873. The predicted molar refractivity (Wildman–Crippen MR) is 77.9 cm³/mol. The molecule has 0 atom stereocenters. The summed E-state index contributed by atoms with van der Waals surface area (Å²) >= 11 is 5.92. The fourth-order valence-electron chi connectivity index (χ4n) is 1.62. The number of anilines is 1. The van der Waals surface area contributed by atoms with E-state index in [4.69, 9.17) is 25.6 Å². The van der Waals surface area contributed by atoms with Gasteiger partial charge < -0.3 is 9.73 Å². The highest BCUT2D eigenvalue weighted by Crippen LogP contribution is 2.29. The third-order valence-electron chi connectivity index (χ3n) is 2.46. The Morgan fingerprint density at radius 1 is 1.43 bits per heavy atom. The molecule has 6 nitrogen and oxygen atoms in total. The number of aromatic nitrogens is 2. The molecule has 112 valence electrons. The Balaban J connectivity index is 0.000000677. The van der Waals surface area contributed by atoms with E-state index in [0.29, 0.717) is 17.1 Å². The van der Waals surface area contributed by atoms with Crippen LogP contribution in [0.4, 0.5) is 5.69 Å². The zero-order chi connectivity index (χ0) is 15.8. The Morgan fingerprint density at radius 3 is 2.62 bits per heavy atom. The first-order chi connectivity index (χ1) is 10.0. The minimum atomic E-state index is 0.250. The molecule has 0 unspecified atom stereocenters. The first-order valence-corrected chi connectivity index (χ1v) is 6.75. The van der Waals surface area contributed by atoms with Crippen molar-refractivity contribution in [2.75, 3.05) is 5.32 Å². The summed E-state index contributed by atoms with van der Waals surface area (Å²) in [5.41, 5.74) is 2.64. The number of carbonyl (C=O) groups excluding carboxylic acids is 2. The first kappa shape index (κ1) is 16.9. The van der Waals surface area contributed by atoms with Crippen molar-refractivity contribution in [2.24, 2.45) is 0 Å². The van der Waals surface area contributed by atoms with Gasteiger partial charge in [-0.05, 0) is 26.3 Å². The summed E-state index contributed by atoms with van der Waals surface area (Å²) in [6.07, 6.45) is 4.44. The summed E-state index contributed by atoms with van der Waals surface area (Å²) < 4.78 is 5.47. The molecule has 7 heteroatoms. The lowest BCUT2D eigenvalue weighted by molar-refractivity contribution is -0.191. The van der Waals surface area contributed by atoms with Crippen LogP contribution >= 0.6 is 11.6 Å². The van der Waals surface area contributed by atoms with Crippen molar-refractivity contribution >= 4 is 23.4 Å². The number of rotatable bonds is 4. The second-order valence-corrected chi connectivity index (χ2v) is 4.82. The number of aryl methyl sites for hydroxylation is 1. The Labute approximate surface area is 127 Å². The van der Waals surface area contributed by atoms with E-state index >= 15 is 0 Å². The number of pyridine rings is 1. The molecule has 0 bridgehead atoms. The van der Waals surface area contributed by atoms with Crippen LogP contribution in [0.2, 0.25) is 5.15 Å². The minimum absolute atomic E-state index is 0.250. The van der Waals surface area contributed by atoms with E-state index in [1.54, 1.807) is 18.5 Å². The summed E-state index contributed by atoms with van der Waals surface area (Å²) in [6.45, 7) is 6.16. The number of hydrogen-bond donors (Lipinski definition) is 1.